The van der Waals surface area contributed by atoms with Gasteiger partial charge in [0.2, 0.25) is 5.88 Å². The van der Waals surface area contributed by atoms with Crippen molar-refractivity contribution >= 4 is 16.6 Å². The normalized spacial score (nSPS) is 15.1. The highest BCUT2D eigenvalue weighted by Crippen LogP contribution is 2.36. The molecule has 3 rings (SSSR count). The average Bonchev–Trinajstić information content (AvgIpc) is 2.55. The van der Waals surface area contributed by atoms with Crippen LogP contribution in [-0.2, 0) is 6.54 Å². The maximum Gasteiger partial charge on any atom is 0.200 e. The summed E-state index contributed by atoms with van der Waals surface area (Å²) in [6, 6.07) is 7.95. The molecule has 0 spiro atoms. The zero-order valence-corrected chi connectivity index (χ0v) is 7.83. The molecule has 1 aromatic carbocycles. The fraction of sp³-hybridized carbons (Fsp3) is 0.273. The minimum atomic E-state index is 0.391. The molecule has 14 heavy (non-hydrogen) atoms. The molecule has 0 fully saturated rings. The van der Waals surface area contributed by atoms with Gasteiger partial charge in [0.1, 0.15) is 5.82 Å². The molecule has 3 nitrogen and oxygen atoms in total. The number of hydrogen-bond acceptors (Lipinski definition) is 2. The van der Waals surface area contributed by atoms with Crippen LogP contribution in [0.2, 0.25) is 0 Å². The van der Waals surface area contributed by atoms with Crippen molar-refractivity contribution in [2.24, 2.45) is 0 Å². The summed E-state index contributed by atoms with van der Waals surface area (Å²) in [4.78, 5) is 0. The molecule has 2 heterocycles. The maximum atomic E-state index is 9.96. The monoisotopic (exact) mass is 188 g/mol. The average molecular weight is 188 g/mol. The third-order valence-electron chi connectivity index (χ3n) is 2.80. The highest BCUT2D eigenvalue weighted by atomic mass is 16.3. The molecular formula is C11H12N2O. The number of fused-ring (bicyclic) bond motifs is 3. The van der Waals surface area contributed by atoms with Gasteiger partial charge in [-0.2, -0.15) is 0 Å². The maximum absolute atomic E-state index is 9.96. The van der Waals surface area contributed by atoms with Crippen LogP contribution in [0.5, 0.6) is 5.88 Å². The van der Waals surface area contributed by atoms with Gasteiger partial charge in [0.25, 0.3) is 0 Å². The van der Waals surface area contributed by atoms with Crippen LogP contribution in [0.4, 0.5) is 5.82 Å². The molecular weight excluding hydrogens is 176 g/mol. The second-order valence-corrected chi connectivity index (χ2v) is 3.65. The van der Waals surface area contributed by atoms with Crippen LogP contribution < -0.4 is 5.32 Å². The number of benzene rings is 1. The number of rotatable bonds is 0. The minimum absolute atomic E-state index is 0.391. The van der Waals surface area contributed by atoms with Gasteiger partial charge >= 0.3 is 0 Å². The Morgan fingerprint density at radius 1 is 1.21 bits per heavy atom. The summed E-state index contributed by atoms with van der Waals surface area (Å²) in [5.74, 6) is 1.45. The standard InChI is InChI=1S/C11H12N2O/c14-11-9-5-2-1-4-8(9)10-12-6-3-7-13(10)11/h1-2,4-5,12,14H,3,6-7H2. The van der Waals surface area contributed by atoms with Gasteiger partial charge in [-0.25, -0.2) is 0 Å². The van der Waals surface area contributed by atoms with Crippen molar-refractivity contribution in [2.45, 2.75) is 13.0 Å². The Morgan fingerprint density at radius 3 is 2.86 bits per heavy atom. The minimum Gasteiger partial charge on any atom is -0.494 e. The van der Waals surface area contributed by atoms with E-state index >= 15 is 0 Å². The Hall–Kier alpha value is -1.64. The van der Waals surface area contributed by atoms with Crippen molar-refractivity contribution in [2.75, 3.05) is 11.9 Å². The zero-order chi connectivity index (χ0) is 9.54. The quantitative estimate of drug-likeness (QED) is 0.664. The fourth-order valence-electron chi connectivity index (χ4n) is 2.13. The van der Waals surface area contributed by atoms with Crippen LogP contribution in [0, 0.1) is 0 Å². The predicted octanol–water partition coefficient (Wildman–Crippen LogP) is 2.16. The summed E-state index contributed by atoms with van der Waals surface area (Å²) < 4.78 is 1.95. The van der Waals surface area contributed by atoms with E-state index in [2.05, 4.69) is 5.32 Å². The van der Waals surface area contributed by atoms with Crippen molar-refractivity contribution < 1.29 is 5.11 Å². The number of aromatic nitrogens is 1. The first-order chi connectivity index (χ1) is 6.88. The van der Waals surface area contributed by atoms with E-state index in [0.717, 1.165) is 36.1 Å². The molecule has 0 saturated carbocycles. The molecule has 0 bridgehead atoms. The number of nitrogens with zero attached hydrogens (tertiary/aromatic N) is 1. The lowest BCUT2D eigenvalue weighted by Crippen LogP contribution is -2.16. The fourth-order valence-corrected chi connectivity index (χ4v) is 2.13. The molecule has 0 saturated heterocycles. The van der Waals surface area contributed by atoms with Gasteiger partial charge in [-0.3, -0.25) is 4.57 Å². The Bertz CT molecular complexity index is 487. The van der Waals surface area contributed by atoms with Gasteiger partial charge in [-0.15, -0.1) is 0 Å². The highest BCUT2D eigenvalue weighted by molar-refractivity contribution is 5.98. The Kier molecular flexibility index (Phi) is 1.48. The second kappa shape index (κ2) is 2.67. The third-order valence-corrected chi connectivity index (χ3v) is 2.80. The van der Waals surface area contributed by atoms with Crippen LogP contribution >= 0.6 is 0 Å². The topological polar surface area (TPSA) is 37.2 Å². The third kappa shape index (κ3) is 0.867. The molecule has 0 aliphatic carbocycles. The van der Waals surface area contributed by atoms with Crippen molar-refractivity contribution in [3.05, 3.63) is 24.3 Å². The molecule has 2 aromatic rings. The molecule has 3 heteroatoms. The summed E-state index contributed by atoms with van der Waals surface area (Å²) >= 11 is 0. The summed E-state index contributed by atoms with van der Waals surface area (Å²) in [7, 11) is 0. The first kappa shape index (κ1) is 7.74. The Morgan fingerprint density at radius 2 is 2.00 bits per heavy atom. The van der Waals surface area contributed by atoms with Gasteiger partial charge < -0.3 is 10.4 Å². The van der Waals surface area contributed by atoms with Crippen LogP contribution in [0.1, 0.15) is 6.42 Å². The van der Waals surface area contributed by atoms with E-state index < -0.39 is 0 Å². The van der Waals surface area contributed by atoms with E-state index in [-0.39, 0.29) is 0 Å². The van der Waals surface area contributed by atoms with E-state index in [0.29, 0.717) is 5.88 Å². The number of anilines is 1. The van der Waals surface area contributed by atoms with Crippen molar-refractivity contribution in [1.29, 1.82) is 0 Å². The lowest BCUT2D eigenvalue weighted by molar-refractivity contribution is 0.417. The van der Waals surface area contributed by atoms with Crippen LogP contribution in [0.25, 0.3) is 10.8 Å². The molecule has 1 aromatic heterocycles. The largest absolute Gasteiger partial charge is 0.494 e. The lowest BCUT2D eigenvalue weighted by Gasteiger charge is -2.17. The molecule has 0 atom stereocenters. The van der Waals surface area contributed by atoms with E-state index in [9.17, 15) is 5.11 Å². The zero-order valence-electron chi connectivity index (χ0n) is 7.83. The Labute approximate surface area is 82.0 Å². The van der Waals surface area contributed by atoms with Crippen LogP contribution in [0.15, 0.2) is 24.3 Å². The first-order valence-corrected chi connectivity index (χ1v) is 4.92. The van der Waals surface area contributed by atoms with Gasteiger partial charge in [-0.1, -0.05) is 18.2 Å². The molecule has 0 amide bonds. The van der Waals surface area contributed by atoms with E-state index in [1.165, 1.54) is 0 Å². The molecule has 2 N–H and O–H groups in total. The summed E-state index contributed by atoms with van der Waals surface area (Å²) in [5.41, 5.74) is 0. The van der Waals surface area contributed by atoms with E-state index in [1.54, 1.807) is 0 Å². The van der Waals surface area contributed by atoms with Crippen molar-refractivity contribution in [3.63, 3.8) is 0 Å². The molecule has 1 aliphatic heterocycles. The predicted molar refractivity (Wildman–Crippen MR) is 56.7 cm³/mol. The Balaban J connectivity index is 2.41. The van der Waals surface area contributed by atoms with Gasteiger partial charge in [0, 0.05) is 23.9 Å². The number of aromatic hydroxyl groups is 1. The molecule has 0 radical (unpaired) electrons. The SMILES string of the molecule is Oc1c2ccccc2c2n1CCCN2. The second-order valence-electron chi connectivity index (χ2n) is 3.65. The number of hydrogen-bond donors (Lipinski definition) is 2. The van der Waals surface area contributed by atoms with E-state index in [4.69, 9.17) is 0 Å². The van der Waals surface area contributed by atoms with Crippen LogP contribution in [0.3, 0.4) is 0 Å². The molecule has 72 valence electrons. The summed E-state index contributed by atoms with van der Waals surface area (Å²) in [5, 5.41) is 15.3. The first-order valence-electron chi connectivity index (χ1n) is 4.92. The summed E-state index contributed by atoms with van der Waals surface area (Å²) in [6.45, 7) is 1.90. The molecule has 0 unspecified atom stereocenters. The van der Waals surface area contributed by atoms with Crippen molar-refractivity contribution in [3.8, 4) is 5.88 Å². The lowest BCUT2D eigenvalue weighted by atomic mass is 10.2. The van der Waals surface area contributed by atoms with Crippen LogP contribution in [-0.4, -0.2) is 16.2 Å². The summed E-state index contributed by atoms with van der Waals surface area (Å²) in [6.07, 6.45) is 1.07. The van der Waals surface area contributed by atoms with Gasteiger partial charge in [0.05, 0.1) is 0 Å². The smallest absolute Gasteiger partial charge is 0.200 e. The van der Waals surface area contributed by atoms with E-state index in [1.807, 2.05) is 28.8 Å². The van der Waals surface area contributed by atoms with Gasteiger partial charge in [0.15, 0.2) is 0 Å². The molecule has 1 aliphatic rings. The number of nitrogens with one attached hydrogen (secondary N) is 1. The van der Waals surface area contributed by atoms with Crippen molar-refractivity contribution in [1.82, 2.24) is 4.57 Å². The van der Waals surface area contributed by atoms with Gasteiger partial charge in [-0.05, 0) is 12.5 Å². The highest BCUT2D eigenvalue weighted by Gasteiger charge is 2.17.